The first-order chi connectivity index (χ1) is 15.3. The van der Waals surface area contributed by atoms with Gasteiger partial charge < -0.3 is 19.9 Å². The van der Waals surface area contributed by atoms with Gasteiger partial charge in [-0.05, 0) is 43.7 Å². The highest BCUT2D eigenvalue weighted by Gasteiger charge is 2.54. The van der Waals surface area contributed by atoms with Crippen molar-refractivity contribution in [2.24, 2.45) is 5.92 Å². The number of hydrogen-bond acceptors (Lipinski definition) is 5. The number of urea groups is 1. The lowest BCUT2D eigenvalue weighted by Crippen LogP contribution is -2.56. The molecule has 32 heavy (non-hydrogen) atoms. The molecule has 0 radical (unpaired) electrons. The van der Waals surface area contributed by atoms with Crippen molar-refractivity contribution in [2.45, 2.75) is 51.1 Å². The fourth-order valence-electron chi connectivity index (χ4n) is 5.29. The van der Waals surface area contributed by atoms with Crippen LogP contribution in [0.25, 0.3) is 0 Å². The number of hydrogen-bond donors (Lipinski definition) is 1. The molecule has 3 heterocycles. The largest absolute Gasteiger partial charge is 0.496 e. The number of piperidine rings is 2. The van der Waals surface area contributed by atoms with Crippen LogP contribution in [0.1, 0.15) is 49.9 Å². The van der Waals surface area contributed by atoms with Gasteiger partial charge in [-0.2, -0.15) is 0 Å². The average Bonchev–Trinajstić information content (AvgIpc) is 3.03. The molecule has 3 aliphatic rings. The Morgan fingerprint density at radius 2 is 1.91 bits per heavy atom. The first kappa shape index (κ1) is 22.6. The summed E-state index contributed by atoms with van der Waals surface area (Å²) >= 11 is 0. The number of methoxy groups -OCH3 is 1. The van der Waals surface area contributed by atoms with Gasteiger partial charge in [0.05, 0.1) is 18.7 Å². The van der Waals surface area contributed by atoms with Crippen LogP contribution in [0.2, 0.25) is 0 Å². The lowest BCUT2D eigenvalue weighted by Gasteiger charge is -2.39. The molecule has 3 aliphatic heterocycles. The van der Waals surface area contributed by atoms with Crippen molar-refractivity contribution >= 4 is 17.8 Å². The van der Waals surface area contributed by atoms with Crippen LogP contribution in [0, 0.1) is 5.92 Å². The number of carbonyl (C=O) groups is 3. The van der Waals surface area contributed by atoms with Gasteiger partial charge in [0.1, 0.15) is 11.3 Å². The number of nitrogens with zero attached hydrogens (tertiary/aromatic N) is 3. The van der Waals surface area contributed by atoms with E-state index in [9.17, 15) is 14.4 Å². The number of ether oxygens (including phenoxy) is 1. The van der Waals surface area contributed by atoms with Gasteiger partial charge in [-0.15, -0.1) is 0 Å². The van der Waals surface area contributed by atoms with E-state index in [-0.39, 0.29) is 23.9 Å². The SMILES string of the molecule is COc1ccccc1C(=O)N1CCC[C@H](N2C(=O)NC3(CCN(CC(C)C)CC3)C2=O)C1. The van der Waals surface area contributed by atoms with E-state index in [0.717, 1.165) is 26.1 Å². The Labute approximate surface area is 189 Å². The van der Waals surface area contributed by atoms with Crippen LogP contribution in [-0.4, -0.2) is 84.0 Å². The Morgan fingerprint density at radius 3 is 2.59 bits per heavy atom. The topological polar surface area (TPSA) is 82.2 Å². The minimum Gasteiger partial charge on any atom is -0.496 e. The van der Waals surface area contributed by atoms with Crippen LogP contribution < -0.4 is 10.1 Å². The molecule has 1 aromatic rings. The predicted molar refractivity (Wildman–Crippen MR) is 121 cm³/mol. The quantitative estimate of drug-likeness (QED) is 0.708. The third-order valence-corrected chi connectivity index (χ3v) is 6.91. The normalized spacial score (nSPS) is 23.7. The van der Waals surface area contributed by atoms with E-state index >= 15 is 0 Å². The molecule has 1 aromatic carbocycles. The van der Waals surface area contributed by atoms with E-state index in [0.29, 0.717) is 49.6 Å². The van der Waals surface area contributed by atoms with Gasteiger partial charge in [0.15, 0.2) is 0 Å². The van der Waals surface area contributed by atoms with Crippen molar-refractivity contribution in [3.63, 3.8) is 0 Å². The van der Waals surface area contributed by atoms with Gasteiger partial charge in [0.2, 0.25) is 0 Å². The van der Waals surface area contributed by atoms with Crippen LogP contribution in [-0.2, 0) is 4.79 Å². The van der Waals surface area contributed by atoms with Crippen LogP contribution >= 0.6 is 0 Å². The lowest BCUT2D eigenvalue weighted by atomic mass is 9.86. The van der Waals surface area contributed by atoms with Crippen molar-refractivity contribution in [2.75, 3.05) is 39.8 Å². The zero-order valence-electron chi connectivity index (χ0n) is 19.3. The first-order valence-corrected chi connectivity index (χ1v) is 11.6. The van der Waals surface area contributed by atoms with E-state index in [1.165, 1.54) is 4.90 Å². The van der Waals surface area contributed by atoms with E-state index in [1.807, 2.05) is 12.1 Å². The Bertz CT molecular complexity index is 879. The van der Waals surface area contributed by atoms with Crippen LogP contribution in [0.5, 0.6) is 5.75 Å². The zero-order chi connectivity index (χ0) is 22.9. The first-order valence-electron chi connectivity index (χ1n) is 11.6. The number of carbonyl (C=O) groups excluding carboxylic acids is 3. The molecule has 3 saturated heterocycles. The van der Waals surface area contributed by atoms with Crippen molar-refractivity contribution in [3.8, 4) is 5.75 Å². The van der Waals surface area contributed by atoms with Gasteiger partial charge >= 0.3 is 6.03 Å². The number of nitrogens with one attached hydrogen (secondary N) is 1. The van der Waals surface area contributed by atoms with Crippen LogP contribution in [0.4, 0.5) is 4.79 Å². The molecule has 8 nitrogen and oxygen atoms in total. The number of imide groups is 1. The summed E-state index contributed by atoms with van der Waals surface area (Å²) in [5.74, 6) is 0.851. The van der Waals surface area contributed by atoms with Crippen molar-refractivity contribution in [1.82, 2.24) is 20.0 Å². The number of likely N-dealkylation sites (tertiary alicyclic amines) is 2. The summed E-state index contributed by atoms with van der Waals surface area (Å²) < 4.78 is 5.35. The predicted octanol–water partition coefficient (Wildman–Crippen LogP) is 2.34. The Balaban J connectivity index is 1.45. The van der Waals surface area contributed by atoms with Gasteiger partial charge in [-0.1, -0.05) is 26.0 Å². The monoisotopic (exact) mass is 442 g/mol. The highest BCUT2D eigenvalue weighted by Crippen LogP contribution is 2.33. The van der Waals surface area contributed by atoms with Crippen LogP contribution in [0.15, 0.2) is 24.3 Å². The molecule has 4 rings (SSSR count). The molecule has 4 amide bonds. The second kappa shape index (κ2) is 9.10. The molecule has 3 fully saturated rings. The molecule has 0 unspecified atom stereocenters. The highest BCUT2D eigenvalue weighted by atomic mass is 16.5. The summed E-state index contributed by atoms with van der Waals surface area (Å²) in [5, 5.41) is 3.02. The minimum atomic E-state index is -0.792. The molecule has 0 aliphatic carbocycles. The average molecular weight is 443 g/mol. The third-order valence-electron chi connectivity index (χ3n) is 6.91. The summed E-state index contributed by atoms with van der Waals surface area (Å²) in [7, 11) is 1.55. The van der Waals surface area contributed by atoms with E-state index < -0.39 is 5.54 Å². The molecule has 1 spiro atoms. The third kappa shape index (κ3) is 4.20. The molecular formula is C24H34N4O4. The molecular weight excluding hydrogens is 408 g/mol. The van der Waals surface area contributed by atoms with Crippen molar-refractivity contribution in [1.29, 1.82) is 0 Å². The summed E-state index contributed by atoms with van der Waals surface area (Å²) in [4.78, 5) is 45.1. The molecule has 0 bridgehead atoms. The van der Waals surface area contributed by atoms with Gasteiger partial charge in [0, 0.05) is 32.7 Å². The molecule has 0 saturated carbocycles. The maximum absolute atomic E-state index is 13.5. The van der Waals surface area contributed by atoms with Gasteiger partial charge in [0.25, 0.3) is 11.8 Å². The summed E-state index contributed by atoms with van der Waals surface area (Å²) in [6.07, 6.45) is 2.73. The molecule has 1 atom stereocenters. The smallest absolute Gasteiger partial charge is 0.325 e. The maximum atomic E-state index is 13.5. The minimum absolute atomic E-state index is 0.122. The summed E-state index contributed by atoms with van der Waals surface area (Å²) in [5.41, 5.74) is -0.290. The number of rotatable bonds is 5. The van der Waals surface area contributed by atoms with E-state index in [1.54, 1.807) is 24.1 Å². The zero-order valence-corrected chi connectivity index (χ0v) is 19.3. The highest BCUT2D eigenvalue weighted by molar-refractivity contribution is 6.07. The van der Waals surface area contributed by atoms with Crippen molar-refractivity contribution in [3.05, 3.63) is 29.8 Å². The number of amides is 4. The van der Waals surface area contributed by atoms with Gasteiger partial charge in [-0.3, -0.25) is 14.5 Å². The van der Waals surface area contributed by atoms with Gasteiger partial charge in [-0.25, -0.2) is 4.79 Å². The Hall–Kier alpha value is -2.61. The van der Waals surface area contributed by atoms with Crippen LogP contribution in [0.3, 0.4) is 0 Å². The molecule has 174 valence electrons. The molecule has 1 N–H and O–H groups in total. The molecule has 8 heteroatoms. The Kier molecular flexibility index (Phi) is 6.42. The number of para-hydroxylation sites is 1. The lowest BCUT2D eigenvalue weighted by molar-refractivity contribution is -0.135. The van der Waals surface area contributed by atoms with Crippen molar-refractivity contribution < 1.29 is 19.1 Å². The standard InChI is InChI=1S/C24H34N4O4/c1-17(2)15-26-13-10-24(11-14-26)22(30)28(23(31)25-24)18-7-6-12-27(16-18)21(29)19-8-4-5-9-20(19)32-3/h4-5,8-9,17-18H,6-7,10-16H2,1-3H3,(H,25,31)/t18-/m0/s1. The van der Waals surface area contributed by atoms with E-state index in [2.05, 4.69) is 24.1 Å². The second-order valence-electron chi connectivity index (χ2n) is 9.63. The fourth-order valence-corrected chi connectivity index (χ4v) is 5.29. The summed E-state index contributed by atoms with van der Waals surface area (Å²) in [6.45, 7) is 7.95. The maximum Gasteiger partial charge on any atom is 0.325 e. The fraction of sp³-hybridized carbons (Fsp3) is 0.625. The number of benzene rings is 1. The molecule has 0 aromatic heterocycles. The Morgan fingerprint density at radius 1 is 1.19 bits per heavy atom. The van der Waals surface area contributed by atoms with E-state index in [4.69, 9.17) is 4.74 Å². The summed E-state index contributed by atoms with van der Waals surface area (Å²) in [6, 6.07) is 6.53. The second-order valence-corrected chi connectivity index (χ2v) is 9.63.